The molecular weight excluding hydrogens is 378 g/mol. The zero-order valence-electron chi connectivity index (χ0n) is 15.5. The molecule has 1 aliphatic rings. The molecule has 8 nitrogen and oxygen atoms in total. The van der Waals surface area contributed by atoms with E-state index in [-0.39, 0.29) is 5.91 Å². The second-order valence-electron chi connectivity index (χ2n) is 6.37. The number of fused-ring (bicyclic) bond motifs is 1. The van der Waals surface area contributed by atoms with Gasteiger partial charge in [-0.1, -0.05) is 29.5 Å². The molecule has 0 bridgehead atoms. The van der Waals surface area contributed by atoms with Crippen LogP contribution in [0.5, 0.6) is 0 Å². The number of ether oxygens (including phenoxy) is 1. The Balaban J connectivity index is 1.53. The van der Waals surface area contributed by atoms with Gasteiger partial charge < -0.3 is 9.64 Å². The van der Waals surface area contributed by atoms with E-state index >= 15 is 0 Å². The third kappa shape index (κ3) is 3.36. The van der Waals surface area contributed by atoms with Crippen molar-refractivity contribution >= 4 is 28.5 Å². The largest absolute Gasteiger partial charge is 0.453 e. The van der Waals surface area contributed by atoms with Gasteiger partial charge in [0.15, 0.2) is 5.13 Å². The molecule has 3 heterocycles. The number of carbonyl (C=O) groups is 2. The van der Waals surface area contributed by atoms with Crippen LogP contribution in [-0.4, -0.2) is 45.3 Å². The number of amides is 2. The van der Waals surface area contributed by atoms with Gasteiger partial charge >= 0.3 is 6.09 Å². The molecule has 2 aromatic heterocycles. The molecule has 2 amide bonds. The van der Waals surface area contributed by atoms with Gasteiger partial charge in [0.2, 0.25) is 0 Å². The number of nitrogens with zero attached hydrogens (tertiary/aromatic N) is 4. The number of hydrogen-bond acceptors (Lipinski definition) is 6. The molecule has 0 spiro atoms. The predicted molar refractivity (Wildman–Crippen MR) is 105 cm³/mol. The molecule has 3 aromatic rings. The summed E-state index contributed by atoms with van der Waals surface area (Å²) in [4.78, 5) is 31.6. The molecule has 1 aromatic carbocycles. The number of para-hydroxylation sites is 1. The van der Waals surface area contributed by atoms with Crippen LogP contribution in [0.15, 0.2) is 36.5 Å². The molecule has 0 radical (unpaired) electrons. The van der Waals surface area contributed by atoms with Crippen LogP contribution in [0.2, 0.25) is 0 Å². The van der Waals surface area contributed by atoms with E-state index in [0.717, 1.165) is 22.0 Å². The third-order valence-electron chi connectivity index (χ3n) is 4.65. The Bertz CT molecular complexity index is 1030. The zero-order chi connectivity index (χ0) is 19.7. The average molecular weight is 397 g/mol. The van der Waals surface area contributed by atoms with E-state index in [1.165, 1.54) is 18.4 Å². The lowest BCUT2D eigenvalue weighted by atomic mass is 10.1. The molecule has 28 heavy (non-hydrogen) atoms. The summed E-state index contributed by atoms with van der Waals surface area (Å²) in [5.74, 6) is -0.0544. The van der Waals surface area contributed by atoms with Gasteiger partial charge in [-0.2, -0.15) is 5.10 Å². The van der Waals surface area contributed by atoms with Gasteiger partial charge in [-0.25, -0.2) is 14.5 Å². The number of methoxy groups -OCH3 is 1. The molecule has 0 fully saturated rings. The van der Waals surface area contributed by atoms with Crippen molar-refractivity contribution in [2.75, 3.05) is 19.0 Å². The van der Waals surface area contributed by atoms with E-state index in [1.54, 1.807) is 15.8 Å². The van der Waals surface area contributed by atoms with Crippen LogP contribution in [0.25, 0.3) is 5.69 Å². The van der Waals surface area contributed by atoms with Crippen LogP contribution in [0.4, 0.5) is 9.93 Å². The Morgan fingerprint density at radius 2 is 2.04 bits per heavy atom. The molecule has 4 rings (SSSR count). The highest BCUT2D eigenvalue weighted by molar-refractivity contribution is 7.15. The van der Waals surface area contributed by atoms with E-state index in [0.29, 0.717) is 30.2 Å². The maximum absolute atomic E-state index is 13.1. The number of hydrogen-bond donors (Lipinski definition) is 1. The van der Waals surface area contributed by atoms with Gasteiger partial charge in [0.1, 0.15) is 0 Å². The van der Waals surface area contributed by atoms with Crippen molar-refractivity contribution in [2.45, 2.75) is 19.9 Å². The van der Waals surface area contributed by atoms with E-state index in [4.69, 9.17) is 0 Å². The highest BCUT2D eigenvalue weighted by Crippen LogP contribution is 2.29. The van der Waals surface area contributed by atoms with E-state index < -0.39 is 6.09 Å². The van der Waals surface area contributed by atoms with Crippen molar-refractivity contribution in [1.82, 2.24) is 19.7 Å². The fourth-order valence-corrected chi connectivity index (χ4v) is 4.19. The van der Waals surface area contributed by atoms with Crippen molar-refractivity contribution < 1.29 is 14.3 Å². The van der Waals surface area contributed by atoms with Crippen molar-refractivity contribution in [3.05, 3.63) is 58.4 Å². The smallest absolute Gasteiger partial charge is 0.413 e. The number of carbonyl (C=O) groups excluding carboxylic acids is 2. The Kier molecular flexibility index (Phi) is 4.82. The third-order valence-corrected chi connectivity index (χ3v) is 5.65. The molecule has 9 heteroatoms. The number of thiazole rings is 1. The predicted octanol–water partition coefficient (Wildman–Crippen LogP) is 3.01. The fourth-order valence-electron chi connectivity index (χ4n) is 3.18. The topological polar surface area (TPSA) is 89.3 Å². The maximum atomic E-state index is 13.1. The summed E-state index contributed by atoms with van der Waals surface area (Å²) in [7, 11) is 1.31. The van der Waals surface area contributed by atoms with Crippen LogP contribution in [0.1, 0.15) is 26.6 Å². The second kappa shape index (κ2) is 7.43. The minimum absolute atomic E-state index is 0.0544. The first-order valence-corrected chi connectivity index (χ1v) is 9.61. The van der Waals surface area contributed by atoms with Gasteiger partial charge in [0, 0.05) is 17.8 Å². The monoisotopic (exact) mass is 397 g/mol. The Labute approximate surface area is 165 Å². The summed E-state index contributed by atoms with van der Waals surface area (Å²) >= 11 is 1.36. The van der Waals surface area contributed by atoms with Crippen LogP contribution < -0.4 is 5.32 Å². The summed E-state index contributed by atoms with van der Waals surface area (Å²) in [5.41, 5.74) is 3.22. The summed E-state index contributed by atoms with van der Waals surface area (Å²) in [6.45, 7) is 2.93. The molecular formula is C19H19N5O3S. The van der Waals surface area contributed by atoms with E-state index in [2.05, 4.69) is 20.1 Å². The van der Waals surface area contributed by atoms with Gasteiger partial charge in [0.05, 0.1) is 42.5 Å². The minimum atomic E-state index is -0.553. The second-order valence-corrected chi connectivity index (χ2v) is 7.46. The zero-order valence-corrected chi connectivity index (χ0v) is 16.3. The minimum Gasteiger partial charge on any atom is -0.453 e. The van der Waals surface area contributed by atoms with Crippen molar-refractivity contribution in [2.24, 2.45) is 0 Å². The Morgan fingerprint density at radius 1 is 1.25 bits per heavy atom. The van der Waals surface area contributed by atoms with Gasteiger partial charge in [-0.15, -0.1) is 0 Å². The van der Waals surface area contributed by atoms with Crippen molar-refractivity contribution in [3.8, 4) is 5.69 Å². The molecule has 0 unspecified atom stereocenters. The maximum Gasteiger partial charge on any atom is 0.413 e. The molecule has 144 valence electrons. The summed E-state index contributed by atoms with van der Waals surface area (Å²) in [6, 6.07) is 9.73. The van der Waals surface area contributed by atoms with E-state index in [1.807, 2.05) is 37.3 Å². The number of benzene rings is 1. The van der Waals surface area contributed by atoms with Gasteiger partial charge in [0.25, 0.3) is 5.91 Å². The lowest BCUT2D eigenvalue weighted by Gasteiger charge is -2.26. The molecule has 0 aliphatic carbocycles. The normalized spacial score (nSPS) is 13.1. The van der Waals surface area contributed by atoms with Gasteiger partial charge in [-0.05, 0) is 19.1 Å². The molecule has 1 aliphatic heterocycles. The first-order chi connectivity index (χ1) is 13.6. The highest BCUT2D eigenvalue weighted by atomic mass is 32.1. The number of rotatable bonds is 3. The molecule has 0 saturated carbocycles. The number of anilines is 1. The first kappa shape index (κ1) is 18.2. The van der Waals surface area contributed by atoms with Crippen LogP contribution >= 0.6 is 11.3 Å². The highest BCUT2D eigenvalue weighted by Gasteiger charge is 2.27. The SMILES string of the molecule is COC(=O)Nc1nc2c(s1)CN(C(=O)c1cnn(-c3ccccc3)c1C)CC2. The summed E-state index contributed by atoms with van der Waals surface area (Å²) < 4.78 is 6.37. The van der Waals surface area contributed by atoms with Crippen LogP contribution in [-0.2, 0) is 17.7 Å². The average Bonchev–Trinajstić information content (AvgIpc) is 3.30. The quantitative estimate of drug-likeness (QED) is 0.734. The Morgan fingerprint density at radius 3 is 2.79 bits per heavy atom. The first-order valence-electron chi connectivity index (χ1n) is 8.79. The van der Waals surface area contributed by atoms with Crippen molar-refractivity contribution in [3.63, 3.8) is 0 Å². The van der Waals surface area contributed by atoms with Gasteiger partial charge in [-0.3, -0.25) is 10.1 Å². The van der Waals surface area contributed by atoms with Crippen molar-refractivity contribution in [1.29, 1.82) is 0 Å². The molecule has 0 saturated heterocycles. The molecule has 1 N–H and O–H groups in total. The lowest BCUT2D eigenvalue weighted by Crippen LogP contribution is -2.35. The number of nitrogens with one attached hydrogen (secondary N) is 1. The molecule has 0 atom stereocenters. The van der Waals surface area contributed by atoms with E-state index in [9.17, 15) is 9.59 Å². The van der Waals surface area contributed by atoms with Crippen LogP contribution in [0.3, 0.4) is 0 Å². The Hall–Kier alpha value is -3.20. The fraction of sp³-hybridized carbons (Fsp3) is 0.263. The standard InChI is InChI=1S/C19H19N5O3S/c1-12-14(10-20-24(12)13-6-4-3-5-7-13)17(25)23-9-8-15-16(11-23)28-18(21-15)22-19(26)27-2/h3-7,10H,8-9,11H2,1-2H3,(H,21,22,26). The van der Waals surface area contributed by atoms with Crippen LogP contribution in [0, 0.1) is 6.92 Å². The summed E-state index contributed by atoms with van der Waals surface area (Å²) in [5, 5.41) is 7.46. The lowest BCUT2D eigenvalue weighted by molar-refractivity contribution is 0.0735. The summed E-state index contributed by atoms with van der Waals surface area (Å²) in [6.07, 6.45) is 1.71. The number of aromatic nitrogens is 3.